The number of hydrogen-bond acceptors (Lipinski definition) is 4. The Morgan fingerprint density at radius 1 is 1.41 bits per heavy atom. The van der Waals surface area contributed by atoms with Crippen molar-refractivity contribution in [2.24, 2.45) is 5.73 Å². The van der Waals surface area contributed by atoms with Crippen LogP contribution in [0.5, 0.6) is 0 Å². The largest absolute Gasteiger partial charge is 0.384 e. The molecule has 0 aliphatic heterocycles. The molecule has 17 heavy (non-hydrogen) atoms. The SMILES string of the molecule is COCCc1cncc2ccc(C(N)=O)nc12. The summed E-state index contributed by atoms with van der Waals surface area (Å²) in [5.41, 5.74) is 7.19. The number of nitrogens with zero attached hydrogens (tertiary/aromatic N) is 2. The molecule has 2 rings (SSSR count). The van der Waals surface area contributed by atoms with Crippen molar-refractivity contribution in [3.8, 4) is 0 Å². The Kier molecular flexibility index (Phi) is 3.30. The van der Waals surface area contributed by atoms with E-state index in [-0.39, 0.29) is 5.69 Å². The van der Waals surface area contributed by atoms with Crippen LogP contribution in [0.4, 0.5) is 0 Å². The molecule has 2 heterocycles. The number of aromatic nitrogens is 2. The van der Waals surface area contributed by atoms with E-state index < -0.39 is 5.91 Å². The number of nitrogens with two attached hydrogens (primary N) is 1. The fourth-order valence-electron chi connectivity index (χ4n) is 1.63. The second-order valence-corrected chi connectivity index (χ2v) is 3.67. The van der Waals surface area contributed by atoms with Gasteiger partial charge in [-0.25, -0.2) is 4.98 Å². The van der Waals surface area contributed by atoms with Crippen LogP contribution in [0, 0.1) is 0 Å². The molecule has 0 atom stereocenters. The maximum Gasteiger partial charge on any atom is 0.267 e. The molecule has 0 radical (unpaired) electrons. The van der Waals surface area contributed by atoms with Gasteiger partial charge in [0.1, 0.15) is 5.69 Å². The Balaban J connectivity index is 2.51. The lowest BCUT2D eigenvalue weighted by Gasteiger charge is -2.05. The Morgan fingerprint density at radius 3 is 2.94 bits per heavy atom. The zero-order valence-corrected chi connectivity index (χ0v) is 9.51. The summed E-state index contributed by atoms with van der Waals surface area (Å²) in [6, 6.07) is 3.40. The van der Waals surface area contributed by atoms with E-state index in [2.05, 4.69) is 9.97 Å². The molecule has 5 heteroatoms. The second-order valence-electron chi connectivity index (χ2n) is 3.67. The van der Waals surface area contributed by atoms with Crippen molar-refractivity contribution in [3.63, 3.8) is 0 Å². The van der Waals surface area contributed by atoms with Gasteiger partial charge in [0.05, 0.1) is 12.1 Å². The highest BCUT2D eigenvalue weighted by Crippen LogP contribution is 2.16. The van der Waals surface area contributed by atoms with Crippen LogP contribution >= 0.6 is 0 Å². The molecule has 0 aliphatic carbocycles. The Hall–Kier alpha value is -2.01. The van der Waals surface area contributed by atoms with Crippen molar-refractivity contribution < 1.29 is 9.53 Å². The van der Waals surface area contributed by atoms with Gasteiger partial charge >= 0.3 is 0 Å². The summed E-state index contributed by atoms with van der Waals surface area (Å²) in [6.45, 7) is 0.587. The smallest absolute Gasteiger partial charge is 0.267 e. The zero-order valence-electron chi connectivity index (χ0n) is 9.51. The van der Waals surface area contributed by atoms with Gasteiger partial charge in [0, 0.05) is 24.9 Å². The van der Waals surface area contributed by atoms with Crippen LogP contribution in [-0.2, 0) is 11.2 Å². The minimum absolute atomic E-state index is 0.266. The molecule has 0 saturated carbocycles. The first kappa shape index (κ1) is 11.5. The lowest BCUT2D eigenvalue weighted by Crippen LogP contribution is -2.13. The molecule has 1 amide bonds. The van der Waals surface area contributed by atoms with Crippen LogP contribution in [0.1, 0.15) is 16.1 Å². The van der Waals surface area contributed by atoms with Crippen molar-refractivity contribution in [2.75, 3.05) is 13.7 Å². The average Bonchev–Trinajstić information content (AvgIpc) is 2.35. The number of amides is 1. The van der Waals surface area contributed by atoms with Crippen LogP contribution < -0.4 is 5.73 Å². The molecule has 0 fully saturated rings. The number of fused-ring (bicyclic) bond motifs is 1. The second kappa shape index (κ2) is 4.88. The van der Waals surface area contributed by atoms with Gasteiger partial charge in [-0.1, -0.05) is 0 Å². The summed E-state index contributed by atoms with van der Waals surface area (Å²) in [5.74, 6) is -0.526. The van der Waals surface area contributed by atoms with Gasteiger partial charge in [0.2, 0.25) is 0 Å². The molecule has 2 aromatic rings. The van der Waals surface area contributed by atoms with Crippen molar-refractivity contribution in [1.29, 1.82) is 0 Å². The van der Waals surface area contributed by atoms with E-state index in [0.29, 0.717) is 13.0 Å². The number of carbonyl (C=O) groups excluding carboxylic acids is 1. The summed E-state index contributed by atoms with van der Waals surface area (Å²) >= 11 is 0. The Bertz CT molecular complexity index is 554. The first-order chi connectivity index (χ1) is 8.22. The predicted molar refractivity (Wildman–Crippen MR) is 63.6 cm³/mol. The highest BCUT2D eigenvalue weighted by Gasteiger charge is 2.07. The highest BCUT2D eigenvalue weighted by molar-refractivity contribution is 5.94. The molecular formula is C12H13N3O2. The molecule has 2 N–H and O–H groups in total. The van der Waals surface area contributed by atoms with Gasteiger partial charge in [0.15, 0.2) is 0 Å². The third-order valence-corrected chi connectivity index (χ3v) is 2.50. The number of primary amides is 1. The molecule has 2 aromatic heterocycles. The fraction of sp³-hybridized carbons (Fsp3) is 0.250. The highest BCUT2D eigenvalue weighted by atomic mass is 16.5. The monoisotopic (exact) mass is 231 g/mol. The third-order valence-electron chi connectivity index (χ3n) is 2.50. The van der Waals surface area contributed by atoms with Gasteiger partial charge in [0.25, 0.3) is 5.91 Å². The number of hydrogen-bond donors (Lipinski definition) is 1. The van der Waals surface area contributed by atoms with Crippen molar-refractivity contribution in [3.05, 3.63) is 35.8 Å². The quantitative estimate of drug-likeness (QED) is 0.848. The molecule has 0 bridgehead atoms. The van der Waals surface area contributed by atoms with Gasteiger partial charge < -0.3 is 10.5 Å². The van der Waals surface area contributed by atoms with Gasteiger partial charge in [-0.15, -0.1) is 0 Å². The zero-order chi connectivity index (χ0) is 12.3. The number of rotatable bonds is 4. The first-order valence-electron chi connectivity index (χ1n) is 5.24. The Morgan fingerprint density at radius 2 is 2.24 bits per heavy atom. The maximum atomic E-state index is 11.1. The number of methoxy groups -OCH3 is 1. The fourth-order valence-corrected chi connectivity index (χ4v) is 1.63. The van der Waals surface area contributed by atoms with Crippen LogP contribution in [0.25, 0.3) is 10.9 Å². The van der Waals surface area contributed by atoms with E-state index in [9.17, 15) is 4.79 Å². The van der Waals surface area contributed by atoms with E-state index in [1.54, 1.807) is 31.6 Å². The third kappa shape index (κ3) is 2.39. The van der Waals surface area contributed by atoms with Crippen LogP contribution in [-0.4, -0.2) is 29.6 Å². The molecule has 0 unspecified atom stereocenters. The summed E-state index contributed by atoms with van der Waals surface area (Å²) in [7, 11) is 1.64. The average molecular weight is 231 g/mol. The van der Waals surface area contributed by atoms with E-state index in [1.807, 2.05) is 0 Å². The number of pyridine rings is 2. The summed E-state index contributed by atoms with van der Waals surface area (Å²) in [5, 5.41) is 0.892. The summed E-state index contributed by atoms with van der Waals surface area (Å²) in [4.78, 5) is 19.5. The van der Waals surface area contributed by atoms with Gasteiger partial charge in [-0.05, 0) is 24.1 Å². The van der Waals surface area contributed by atoms with E-state index in [1.165, 1.54) is 0 Å². The normalized spacial score (nSPS) is 10.6. The predicted octanol–water partition coefficient (Wildman–Crippen LogP) is 0.918. The van der Waals surface area contributed by atoms with Crippen LogP contribution in [0.15, 0.2) is 24.5 Å². The molecular weight excluding hydrogens is 218 g/mol. The van der Waals surface area contributed by atoms with E-state index in [4.69, 9.17) is 10.5 Å². The molecule has 0 spiro atoms. The summed E-state index contributed by atoms with van der Waals surface area (Å²) < 4.78 is 5.03. The number of carbonyl (C=O) groups is 1. The minimum Gasteiger partial charge on any atom is -0.384 e. The van der Waals surface area contributed by atoms with E-state index >= 15 is 0 Å². The molecule has 0 saturated heterocycles. The topological polar surface area (TPSA) is 78.1 Å². The number of ether oxygens (including phenoxy) is 1. The molecule has 0 aromatic carbocycles. The minimum atomic E-state index is -0.526. The van der Waals surface area contributed by atoms with Crippen LogP contribution in [0.2, 0.25) is 0 Å². The van der Waals surface area contributed by atoms with Crippen molar-refractivity contribution in [1.82, 2.24) is 9.97 Å². The lowest BCUT2D eigenvalue weighted by atomic mass is 10.1. The van der Waals surface area contributed by atoms with Crippen molar-refractivity contribution >= 4 is 16.8 Å². The maximum absolute atomic E-state index is 11.1. The van der Waals surface area contributed by atoms with Gasteiger partial charge in [-0.3, -0.25) is 9.78 Å². The molecule has 0 aliphatic rings. The van der Waals surface area contributed by atoms with Crippen LogP contribution in [0.3, 0.4) is 0 Å². The Labute approximate surface area is 98.6 Å². The first-order valence-corrected chi connectivity index (χ1v) is 5.24. The van der Waals surface area contributed by atoms with Crippen molar-refractivity contribution in [2.45, 2.75) is 6.42 Å². The standard InChI is InChI=1S/C12H13N3O2/c1-17-5-4-9-7-14-6-8-2-3-10(12(13)16)15-11(8)9/h2-3,6-7H,4-5H2,1H3,(H2,13,16). The van der Waals surface area contributed by atoms with Gasteiger partial charge in [-0.2, -0.15) is 0 Å². The molecule has 5 nitrogen and oxygen atoms in total. The lowest BCUT2D eigenvalue weighted by molar-refractivity contribution is 0.0996. The summed E-state index contributed by atoms with van der Waals surface area (Å²) in [6.07, 6.45) is 4.15. The van der Waals surface area contributed by atoms with E-state index in [0.717, 1.165) is 16.5 Å². The molecule has 88 valence electrons.